The predicted molar refractivity (Wildman–Crippen MR) is 76.2 cm³/mol. The summed E-state index contributed by atoms with van der Waals surface area (Å²) in [6.07, 6.45) is 3.57. The highest BCUT2D eigenvalue weighted by Gasteiger charge is 2.20. The third kappa shape index (κ3) is 3.50. The lowest BCUT2D eigenvalue weighted by Gasteiger charge is -2.22. The molecule has 1 heterocycles. The zero-order chi connectivity index (χ0) is 13.7. The summed E-state index contributed by atoms with van der Waals surface area (Å²) >= 11 is 6.02. The monoisotopic (exact) mass is 277 g/mol. The van der Waals surface area contributed by atoms with Crippen molar-refractivity contribution in [1.82, 2.24) is 0 Å². The molecule has 0 atom stereocenters. The summed E-state index contributed by atoms with van der Waals surface area (Å²) in [5, 5.41) is 9.38. The number of carbonyl (C=O) groups is 1. The minimum absolute atomic E-state index is 0.117. The largest absolute Gasteiger partial charge is 0.384 e. The zero-order valence-corrected chi connectivity index (χ0v) is 11.4. The quantitative estimate of drug-likeness (QED) is 0.802. The van der Waals surface area contributed by atoms with E-state index >= 15 is 0 Å². The van der Waals surface area contributed by atoms with Crippen LogP contribution in [0.1, 0.15) is 31.2 Å². The van der Waals surface area contributed by atoms with Crippen LogP contribution in [0.5, 0.6) is 0 Å². The first-order chi connectivity index (χ1) is 9.22. The van der Waals surface area contributed by atoms with Gasteiger partial charge in [-0.15, -0.1) is 0 Å². The van der Waals surface area contributed by atoms with E-state index in [4.69, 9.17) is 16.7 Å². The van der Waals surface area contributed by atoms with Crippen LogP contribution >= 0.6 is 11.6 Å². The highest BCUT2D eigenvalue weighted by molar-refractivity contribution is 6.31. The van der Waals surface area contributed by atoms with Crippen LogP contribution in [0.15, 0.2) is 18.2 Å². The first kappa shape index (κ1) is 13.9. The smallest absolute Gasteiger partial charge is 0.227 e. The van der Waals surface area contributed by atoms with Gasteiger partial charge in [0.2, 0.25) is 5.91 Å². The highest BCUT2D eigenvalue weighted by atomic mass is 35.5. The summed E-state index contributed by atoms with van der Waals surface area (Å²) in [6, 6.07) is 5.30. The summed E-state index contributed by atoms with van der Waals surface area (Å²) in [5.41, 5.74) is 1.48. The molecule has 3 nitrogen and oxygen atoms in total. The molecule has 1 saturated heterocycles. The van der Waals surface area contributed by atoms with Gasteiger partial charge < -0.3 is 10.0 Å². The Hall–Kier alpha value is -1.50. The minimum Gasteiger partial charge on any atom is -0.384 e. The van der Waals surface area contributed by atoms with Crippen molar-refractivity contribution in [3.63, 3.8) is 0 Å². The molecule has 1 fully saturated rings. The summed E-state index contributed by atoms with van der Waals surface area (Å²) in [5.74, 6) is 5.61. The Morgan fingerprint density at radius 3 is 2.95 bits per heavy atom. The standard InChI is InChI=1S/C15H16ClNO2/c16-13-8-7-12(5-4-10-18)14(11-13)17-9-3-1-2-6-15(17)19/h7-8,11,18H,1-3,6,9-10H2. The molecule has 1 amide bonds. The van der Waals surface area contributed by atoms with Crippen molar-refractivity contribution in [2.75, 3.05) is 18.1 Å². The van der Waals surface area contributed by atoms with Crippen LogP contribution in [0, 0.1) is 11.8 Å². The van der Waals surface area contributed by atoms with Gasteiger partial charge in [0.05, 0.1) is 5.69 Å². The van der Waals surface area contributed by atoms with E-state index in [1.54, 1.807) is 23.1 Å². The zero-order valence-electron chi connectivity index (χ0n) is 10.7. The van der Waals surface area contributed by atoms with Crippen LogP contribution in [0.4, 0.5) is 5.69 Å². The highest BCUT2D eigenvalue weighted by Crippen LogP contribution is 2.27. The van der Waals surface area contributed by atoms with Crippen LogP contribution in [0.3, 0.4) is 0 Å². The number of hydrogen-bond donors (Lipinski definition) is 1. The number of halogens is 1. The molecule has 1 N–H and O–H groups in total. The van der Waals surface area contributed by atoms with Crippen molar-refractivity contribution in [3.05, 3.63) is 28.8 Å². The number of rotatable bonds is 1. The molecule has 0 saturated carbocycles. The molecule has 1 aliphatic heterocycles. The molecule has 0 unspecified atom stereocenters. The van der Waals surface area contributed by atoms with E-state index in [1.165, 1.54) is 0 Å². The number of amides is 1. The van der Waals surface area contributed by atoms with Gasteiger partial charge in [0.15, 0.2) is 0 Å². The lowest BCUT2D eigenvalue weighted by atomic mass is 10.1. The second-order valence-corrected chi connectivity index (χ2v) is 4.91. The SMILES string of the molecule is O=C1CCCCCN1c1cc(Cl)ccc1C#CCO. The van der Waals surface area contributed by atoms with Gasteiger partial charge in [-0.1, -0.05) is 29.9 Å². The van der Waals surface area contributed by atoms with E-state index in [-0.39, 0.29) is 12.5 Å². The summed E-state index contributed by atoms with van der Waals surface area (Å²) < 4.78 is 0. The first-order valence-electron chi connectivity index (χ1n) is 6.42. The third-order valence-electron chi connectivity index (χ3n) is 3.13. The van der Waals surface area contributed by atoms with Crippen LogP contribution in [0.25, 0.3) is 0 Å². The van der Waals surface area contributed by atoms with Gasteiger partial charge in [-0.3, -0.25) is 4.79 Å². The van der Waals surface area contributed by atoms with Crippen LogP contribution in [-0.2, 0) is 4.79 Å². The molecule has 1 aliphatic rings. The van der Waals surface area contributed by atoms with Crippen molar-refractivity contribution in [3.8, 4) is 11.8 Å². The fraction of sp³-hybridized carbons (Fsp3) is 0.400. The summed E-state index contributed by atoms with van der Waals surface area (Å²) in [6.45, 7) is 0.503. The first-order valence-corrected chi connectivity index (χ1v) is 6.80. The van der Waals surface area contributed by atoms with Crippen LogP contribution in [-0.4, -0.2) is 24.2 Å². The van der Waals surface area contributed by atoms with Crippen molar-refractivity contribution < 1.29 is 9.90 Å². The van der Waals surface area contributed by atoms with Crippen LogP contribution in [0.2, 0.25) is 5.02 Å². The Kier molecular flexibility index (Phi) is 4.84. The topological polar surface area (TPSA) is 40.5 Å². The lowest BCUT2D eigenvalue weighted by molar-refractivity contribution is -0.118. The lowest BCUT2D eigenvalue weighted by Crippen LogP contribution is -2.30. The van der Waals surface area contributed by atoms with Crippen molar-refractivity contribution in [2.24, 2.45) is 0 Å². The molecule has 0 bridgehead atoms. The molecule has 4 heteroatoms. The van der Waals surface area contributed by atoms with Gasteiger partial charge in [0.1, 0.15) is 6.61 Å². The number of nitrogens with zero attached hydrogens (tertiary/aromatic N) is 1. The van der Waals surface area contributed by atoms with Crippen molar-refractivity contribution in [1.29, 1.82) is 0 Å². The average Bonchev–Trinajstić information content (AvgIpc) is 2.62. The van der Waals surface area contributed by atoms with Gasteiger partial charge in [-0.05, 0) is 31.0 Å². The minimum atomic E-state index is -0.198. The number of aliphatic hydroxyl groups is 1. The second-order valence-electron chi connectivity index (χ2n) is 4.48. The number of hydrogen-bond acceptors (Lipinski definition) is 2. The molecule has 100 valence electrons. The Morgan fingerprint density at radius 1 is 1.32 bits per heavy atom. The molecular weight excluding hydrogens is 262 g/mol. The normalized spacial score (nSPS) is 15.7. The third-order valence-corrected chi connectivity index (χ3v) is 3.36. The maximum absolute atomic E-state index is 12.1. The number of aliphatic hydroxyl groups excluding tert-OH is 1. The Bertz CT molecular complexity index is 531. The molecule has 0 aliphatic carbocycles. The van der Waals surface area contributed by atoms with Crippen molar-refractivity contribution in [2.45, 2.75) is 25.7 Å². The fourth-order valence-electron chi connectivity index (χ4n) is 2.21. The van der Waals surface area contributed by atoms with Gasteiger partial charge in [0.25, 0.3) is 0 Å². The second kappa shape index (κ2) is 6.60. The van der Waals surface area contributed by atoms with Gasteiger partial charge in [-0.25, -0.2) is 0 Å². The van der Waals surface area contributed by atoms with E-state index < -0.39 is 0 Å². The van der Waals surface area contributed by atoms with Gasteiger partial charge in [0, 0.05) is 23.6 Å². The Balaban J connectivity index is 2.40. The molecule has 1 aromatic rings. The molecule has 0 spiro atoms. The maximum atomic E-state index is 12.1. The Labute approximate surface area is 118 Å². The van der Waals surface area contributed by atoms with Gasteiger partial charge in [-0.2, -0.15) is 0 Å². The maximum Gasteiger partial charge on any atom is 0.227 e. The Morgan fingerprint density at radius 2 is 2.16 bits per heavy atom. The number of benzene rings is 1. The van der Waals surface area contributed by atoms with Gasteiger partial charge >= 0.3 is 0 Å². The number of carbonyl (C=O) groups excluding carboxylic acids is 1. The van der Waals surface area contributed by atoms with E-state index in [9.17, 15) is 4.79 Å². The van der Waals surface area contributed by atoms with E-state index in [0.717, 1.165) is 30.5 Å². The average molecular weight is 278 g/mol. The molecule has 1 aromatic carbocycles. The molecule has 2 rings (SSSR count). The molecular formula is C15H16ClNO2. The predicted octanol–water partition coefficient (Wildman–Crippen LogP) is 2.59. The summed E-state index contributed by atoms with van der Waals surface area (Å²) in [7, 11) is 0. The van der Waals surface area contributed by atoms with E-state index in [1.807, 2.05) is 0 Å². The molecule has 19 heavy (non-hydrogen) atoms. The van der Waals surface area contributed by atoms with Crippen LogP contribution < -0.4 is 4.90 Å². The van der Waals surface area contributed by atoms with E-state index in [0.29, 0.717) is 18.0 Å². The van der Waals surface area contributed by atoms with Crippen molar-refractivity contribution >= 4 is 23.2 Å². The molecule has 0 radical (unpaired) electrons. The summed E-state index contributed by atoms with van der Waals surface area (Å²) in [4.78, 5) is 13.9. The van der Waals surface area contributed by atoms with E-state index in [2.05, 4.69) is 11.8 Å². The number of anilines is 1. The fourth-order valence-corrected chi connectivity index (χ4v) is 2.37. The molecule has 0 aromatic heterocycles.